The average molecular weight is 261 g/mol. The van der Waals surface area contributed by atoms with Crippen molar-refractivity contribution in [1.29, 1.82) is 0 Å². The smallest absolute Gasteiger partial charge is 0.219 e. The molecule has 0 spiro atoms. The van der Waals surface area contributed by atoms with Gasteiger partial charge < -0.3 is 4.42 Å². The minimum absolute atomic E-state index is 0.630. The van der Waals surface area contributed by atoms with Crippen LogP contribution >= 0.6 is 0 Å². The van der Waals surface area contributed by atoms with Crippen LogP contribution in [0.5, 0.6) is 0 Å². The predicted molar refractivity (Wildman–Crippen MR) is 82.1 cm³/mol. The van der Waals surface area contributed by atoms with Crippen LogP contribution in [0, 0.1) is 0 Å². The van der Waals surface area contributed by atoms with Crippen LogP contribution in [-0.2, 0) is 0 Å². The molecule has 1 heterocycles. The van der Waals surface area contributed by atoms with Crippen LogP contribution < -0.4 is 0 Å². The van der Waals surface area contributed by atoms with Gasteiger partial charge in [-0.3, -0.25) is 0 Å². The van der Waals surface area contributed by atoms with Gasteiger partial charge in [0.1, 0.15) is 5.69 Å². The fraction of sp³-hybridized carbons (Fsp3) is 0.0556. The third-order valence-electron chi connectivity index (χ3n) is 3.04. The van der Waals surface area contributed by atoms with E-state index in [0.717, 1.165) is 22.6 Å². The van der Waals surface area contributed by atoms with Crippen LogP contribution in [0.15, 0.2) is 71.2 Å². The van der Waals surface area contributed by atoms with Gasteiger partial charge in [-0.1, -0.05) is 66.7 Å². The SMILES string of the molecule is CC=Cc1nc(-c2ccccc2)c(-c2ccccc2)o1. The normalized spacial score (nSPS) is 11.1. The van der Waals surface area contributed by atoms with Gasteiger partial charge >= 0.3 is 0 Å². The van der Waals surface area contributed by atoms with Crippen molar-refractivity contribution in [1.82, 2.24) is 4.98 Å². The molecule has 0 bridgehead atoms. The monoisotopic (exact) mass is 261 g/mol. The molecule has 0 amide bonds. The Morgan fingerprint density at radius 1 is 0.850 bits per heavy atom. The van der Waals surface area contributed by atoms with E-state index < -0.39 is 0 Å². The maximum Gasteiger partial charge on any atom is 0.219 e. The molecule has 0 aliphatic heterocycles. The molecule has 1 aromatic heterocycles. The zero-order chi connectivity index (χ0) is 13.8. The van der Waals surface area contributed by atoms with Crippen LogP contribution in [0.4, 0.5) is 0 Å². The van der Waals surface area contributed by atoms with Crippen molar-refractivity contribution in [2.45, 2.75) is 6.92 Å². The molecular weight excluding hydrogens is 246 g/mol. The average Bonchev–Trinajstić information content (AvgIpc) is 2.93. The Morgan fingerprint density at radius 3 is 2.05 bits per heavy atom. The summed E-state index contributed by atoms with van der Waals surface area (Å²) in [6.07, 6.45) is 3.80. The number of nitrogens with zero attached hydrogens (tertiary/aromatic N) is 1. The first-order valence-corrected chi connectivity index (χ1v) is 6.63. The second-order valence-electron chi connectivity index (χ2n) is 4.46. The Hall–Kier alpha value is -2.61. The first kappa shape index (κ1) is 12.4. The Morgan fingerprint density at radius 2 is 1.45 bits per heavy atom. The molecule has 0 fully saturated rings. The number of rotatable bonds is 3. The summed E-state index contributed by atoms with van der Waals surface area (Å²) in [5.41, 5.74) is 2.98. The van der Waals surface area contributed by atoms with Crippen molar-refractivity contribution in [2.24, 2.45) is 0 Å². The lowest BCUT2D eigenvalue weighted by Gasteiger charge is -2.00. The van der Waals surface area contributed by atoms with Gasteiger partial charge in [-0.05, 0) is 13.0 Å². The van der Waals surface area contributed by atoms with Crippen molar-refractivity contribution in [3.05, 3.63) is 72.6 Å². The molecule has 0 saturated carbocycles. The van der Waals surface area contributed by atoms with E-state index in [1.165, 1.54) is 0 Å². The van der Waals surface area contributed by atoms with Gasteiger partial charge in [0.15, 0.2) is 5.76 Å². The molecule has 0 atom stereocenters. The molecule has 0 N–H and O–H groups in total. The van der Waals surface area contributed by atoms with Crippen molar-refractivity contribution in [2.75, 3.05) is 0 Å². The molecule has 3 aromatic rings. The molecule has 0 aliphatic carbocycles. The maximum atomic E-state index is 5.90. The van der Waals surface area contributed by atoms with Crippen LogP contribution in [0.1, 0.15) is 12.8 Å². The second kappa shape index (κ2) is 5.57. The Kier molecular flexibility index (Phi) is 3.46. The van der Waals surface area contributed by atoms with Gasteiger partial charge in [-0.25, -0.2) is 4.98 Å². The first-order chi connectivity index (χ1) is 9.88. The molecule has 3 rings (SSSR count). The number of benzene rings is 2. The van der Waals surface area contributed by atoms with Crippen LogP contribution in [0.25, 0.3) is 28.7 Å². The molecule has 0 saturated heterocycles. The van der Waals surface area contributed by atoms with Gasteiger partial charge in [0.2, 0.25) is 5.89 Å². The summed E-state index contributed by atoms with van der Waals surface area (Å²) in [6, 6.07) is 20.2. The van der Waals surface area contributed by atoms with Gasteiger partial charge in [0, 0.05) is 11.1 Å². The standard InChI is InChI=1S/C18H15NO/c1-2-9-16-19-17(14-10-5-3-6-11-14)18(20-16)15-12-7-4-8-13-15/h2-13H,1H3. The first-order valence-electron chi connectivity index (χ1n) is 6.63. The van der Waals surface area contributed by atoms with Gasteiger partial charge in [-0.15, -0.1) is 0 Å². The minimum atomic E-state index is 0.630. The van der Waals surface area contributed by atoms with E-state index in [1.54, 1.807) is 0 Å². The highest BCUT2D eigenvalue weighted by atomic mass is 16.4. The molecule has 2 aromatic carbocycles. The van der Waals surface area contributed by atoms with Crippen molar-refractivity contribution in [3.8, 4) is 22.6 Å². The third kappa shape index (κ3) is 2.41. The van der Waals surface area contributed by atoms with Gasteiger partial charge in [0.05, 0.1) is 0 Å². The second-order valence-corrected chi connectivity index (χ2v) is 4.46. The quantitative estimate of drug-likeness (QED) is 0.660. The molecule has 2 heteroatoms. The molecule has 0 aliphatic rings. The summed E-state index contributed by atoms with van der Waals surface area (Å²) in [6.45, 7) is 1.95. The zero-order valence-electron chi connectivity index (χ0n) is 11.3. The summed E-state index contributed by atoms with van der Waals surface area (Å²) >= 11 is 0. The Bertz CT molecular complexity index is 655. The van der Waals surface area contributed by atoms with Crippen LogP contribution in [-0.4, -0.2) is 4.98 Å². The summed E-state index contributed by atoms with van der Waals surface area (Å²) in [4.78, 5) is 4.59. The van der Waals surface area contributed by atoms with E-state index in [9.17, 15) is 0 Å². The number of allylic oxidation sites excluding steroid dienone is 1. The lowest BCUT2D eigenvalue weighted by atomic mass is 10.1. The highest BCUT2D eigenvalue weighted by molar-refractivity contribution is 5.77. The summed E-state index contributed by atoms with van der Waals surface area (Å²) in [5, 5.41) is 0. The summed E-state index contributed by atoms with van der Waals surface area (Å²) < 4.78 is 5.90. The van der Waals surface area contributed by atoms with Crippen molar-refractivity contribution in [3.63, 3.8) is 0 Å². The van der Waals surface area contributed by atoms with Crippen LogP contribution in [0.2, 0.25) is 0 Å². The lowest BCUT2D eigenvalue weighted by molar-refractivity contribution is 0.560. The Balaban J connectivity index is 2.18. The highest BCUT2D eigenvalue weighted by Crippen LogP contribution is 2.32. The topological polar surface area (TPSA) is 26.0 Å². The lowest BCUT2D eigenvalue weighted by Crippen LogP contribution is -1.81. The molecule has 0 unspecified atom stereocenters. The third-order valence-corrected chi connectivity index (χ3v) is 3.04. The van der Waals surface area contributed by atoms with Crippen molar-refractivity contribution >= 4 is 6.08 Å². The highest BCUT2D eigenvalue weighted by Gasteiger charge is 2.15. The molecular formula is C18H15NO. The predicted octanol–water partition coefficient (Wildman–Crippen LogP) is 5.04. The minimum Gasteiger partial charge on any atom is -0.436 e. The fourth-order valence-electron chi connectivity index (χ4n) is 2.13. The van der Waals surface area contributed by atoms with E-state index >= 15 is 0 Å². The molecule has 20 heavy (non-hydrogen) atoms. The molecule has 2 nitrogen and oxygen atoms in total. The number of oxazole rings is 1. The van der Waals surface area contributed by atoms with E-state index in [0.29, 0.717) is 5.89 Å². The van der Waals surface area contributed by atoms with Crippen molar-refractivity contribution < 1.29 is 4.42 Å². The number of hydrogen-bond donors (Lipinski definition) is 0. The Labute approximate surface area is 118 Å². The number of aromatic nitrogens is 1. The van der Waals surface area contributed by atoms with E-state index in [2.05, 4.69) is 4.98 Å². The summed E-state index contributed by atoms with van der Waals surface area (Å²) in [5.74, 6) is 1.44. The van der Waals surface area contributed by atoms with E-state index in [4.69, 9.17) is 4.42 Å². The zero-order valence-corrected chi connectivity index (χ0v) is 11.3. The van der Waals surface area contributed by atoms with Crippen LogP contribution in [0.3, 0.4) is 0 Å². The number of hydrogen-bond acceptors (Lipinski definition) is 2. The summed E-state index contributed by atoms with van der Waals surface area (Å²) in [7, 11) is 0. The van der Waals surface area contributed by atoms with E-state index in [1.807, 2.05) is 79.7 Å². The largest absolute Gasteiger partial charge is 0.436 e. The van der Waals surface area contributed by atoms with Gasteiger partial charge in [-0.2, -0.15) is 0 Å². The maximum absolute atomic E-state index is 5.90. The van der Waals surface area contributed by atoms with Gasteiger partial charge in [0.25, 0.3) is 0 Å². The molecule has 98 valence electrons. The fourth-order valence-corrected chi connectivity index (χ4v) is 2.13. The molecule has 0 radical (unpaired) electrons. The van der Waals surface area contributed by atoms with E-state index in [-0.39, 0.29) is 0 Å².